The van der Waals surface area contributed by atoms with Crippen LogP contribution in [0, 0.1) is 16.0 Å². The number of hydrogen-bond donors (Lipinski definition) is 1. The van der Waals surface area contributed by atoms with Gasteiger partial charge < -0.3 is 15.4 Å². The van der Waals surface area contributed by atoms with Crippen LogP contribution < -0.4 is 15.4 Å². The highest BCUT2D eigenvalue weighted by molar-refractivity contribution is 5.59. The lowest BCUT2D eigenvalue weighted by molar-refractivity contribution is -0.384. The van der Waals surface area contributed by atoms with Crippen LogP contribution >= 0.6 is 0 Å². The lowest BCUT2D eigenvalue weighted by Gasteiger charge is -2.32. The van der Waals surface area contributed by atoms with Gasteiger partial charge in [-0.1, -0.05) is 6.42 Å². The van der Waals surface area contributed by atoms with Gasteiger partial charge in [0.15, 0.2) is 0 Å². The van der Waals surface area contributed by atoms with Crippen LogP contribution in [0.5, 0.6) is 5.88 Å². The fourth-order valence-corrected chi connectivity index (χ4v) is 3.14. The van der Waals surface area contributed by atoms with Gasteiger partial charge in [-0.15, -0.1) is 0 Å². The monoisotopic (exact) mass is 294 g/mol. The van der Waals surface area contributed by atoms with Gasteiger partial charge in [0.2, 0.25) is 11.7 Å². The molecule has 1 saturated carbocycles. The summed E-state index contributed by atoms with van der Waals surface area (Å²) in [5.74, 6) is 1.13. The molecule has 0 aliphatic heterocycles. The SMILES string of the molecule is CCN(c1nc(OC)ccc1[N+](=O)[O-])C1CCCC1CN. The summed E-state index contributed by atoms with van der Waals surface area (Å²) < 4.78 is 5.11. The number of anilines is 1. The van der Waals surface area contributed by atoms with Crippen molar-refractivity contribution in [2.24, 2.45) is 11.7 Å². The van der Waals surface area contributed by atoms with E-state index in [-0.39, 0.29) is 11.7 Å². The Labute approximate surface area is 124 Å². The van der Waals surface area contributed by atoms with Crippen LogP contribution in [-0.2, 0) is 0 Å². The van der Waals surface area contributed by atoms with Gasteiger partial charge in [-0.3, -0.25) is 10.1 Å². The zero-order valence-electron chi connectivity index (χ0n) is 12.5. The number of rotatable bonds is 6. The predicted molar refractivity (Wildman–Crippen MR) is 80.6 cm³/mol. The van der Waals surface area contributed by atoms with E-state index < -0.39 is 4.92 Å². The normalized spacial score (nSPS) is 21.3. The van der Waals surface area contributed by atoms with Gasteiger partial charge >= 0.3 is 5.69 Å². The first kappa shape index (κ1) is 15.5. The van der Waals surface area contributed by atoms with E-state index in [0.717, 1.165) is 19.3 Å². The van der Waals surface area contributed by atoms with Gasteiger partial charge in [-0.05, 0) is 32.2 Å². The second kappa shape index (κ2) is 6.71. The summed E-state index contributed by atoms with van der Waals surface area (Å²) in [4.78, 5) is 17.2. The van der Waals surface area contributed by atoms with E-state index in [4.69, 9.17) is 10.5 Å². The van der Waals surface area contributed by atoms with Gasteiger partial charge in [0, 0.05) is 24.7 Å². The van der Waals surface area contributed by atoms with Crippen molar-refractivity contribution in [1.82, 2.24) is 4.98 Å². The summed E-state index contributed by atoms with van der Waals surface area (Å²) in [6.07, 6.45) is 3.15. The van der Waals surface area contributed by atoms with E-state index in [1.54, 1.807) is 0 Å². The Bertz CT molecular complexity index is 509. The van der Waals surface area contributed by atoms with E-state index in [9.17, 15) is 10.1 Å². The fraction of sp³-hybridized carbons (Fsp3) is 0.643. The Kier molecular flexibility index (Phi) is 4.95. The third kappa shape index (κ3) is 3.07. The van der Waals surface area contributed by atoms with Crippen molar-refractivity contribution in [3.8, 4) is 5.88 Å². The van der Waals surface area contributed by atoms with Crippen LogP contribution in [0.3, 0.4) is 0 Å². The molecule has 1 aromatic rings. The molecule has 1 aromatic heterocycles. The van der Waals surface area contributed by atoms with Gasteiger partial charge in [0.05, 0.1) is 12.0 Å². The summed E-state index contributed by atoms with van der Waals surface area (Å²) >= 11 is 0. The molecule has 0 saturated heterocycles. The first-order chi connectivity index (χ1) is 10.1. The Balaban J connectivity index is 2.42. The molecule has 0 aromatic carbocycles. The zero-order valence-corrected chi connectivity index (χ0v) is 12.5. The average molecular weight is 294 g/mol. The van der Waals surface area contributed by atoms with Crippen LogP contribution in [0.25, 0.3) is 0 Å². The number of nitrogens with zero attached hydrogens (tertiary/aromatic N) is 3. The molecule has 0 amide bonds. The summed E-state index contributed by atoms with van der Waals surface area (Å²) in [5.41, 5.74) is 5.86. The number of pyridine rings is 1. The number of methoxy groups -OCH3 is 1. The molecule has 21 heavy (non-hydrogen) atoms. The molecule has 2 N–H and O–H groups in total. The molecule has 2 unspecified atom stereocenters. The molecule has 2 rings (SSSR count). The summed E-state index contributed by atoms with van der Waals surface area (Å²) in [6, 6.07) is 3.18. The van der Waals surface area contributed by atoms with Gasteiger partial charge in [-0.2, -0.15) is 4.98 Å². The van der Waals surface area contributed by atoms with Crippen molar-refractivity contribution in [3.05, 3.63) is 22.2 Å². The highest BCUT2D eigenvalue weighted by Gasteiger charge is 2.34. The van der Waals surface area contributed by atoms with Crippen molar-refractivity contribution in [2.75, 3.05) is 25.1 Å². The maximum atomic E-state index is 11.3. The van der Waals surface area contributed by atoms with Crippen LogP contribution in [0.4, 0.5) is 11.5 Å². The second-order valence-electron chi connectivity index (χ2n) is 5.23. The van der Waals surface area contributed by atoms with E-state index in [0.29, 0.717) is 30.7 Å². The highest BCUT2D eigenvalue weighted by atomic mass is 16.6. The third-order valence-electron chi connectivity index (χ3n) is 4.17. The van der Waals surface area contributed by atoms with Crippen molar-refractivity contribution < 1.29 is 9.66 Å². The van der Waals surface area contributed by atoms with E-state index in [1.807, 2.05) is 11.8 Å². The van der Waals surface area contributed by atoms with E-state index >= 15 is 0 Å². The third-order valence-corrected chi connectivity index (χ3v) is 4.17. The standard InChI is InChI=1S/C14H22N4O3/c1-3-17(11-6-4-5-10(11)9-15)14-12(18(19)20)7-8-13(16-14)21-2/h7-8,10-11H,3-6,9,15H2,1-2H3. The zero-order chi connectivity index (χ0) is 15.4. The predicted octanol–water partition coefficient (Wildman–Crippen LogP) is 1.95. The smallest absolute Gasteiger partial charge is 0.311 e. The minimum atomic E-state index is -0.392. The quantitative estimate of drug-likeness (QED) is 0.636. The topological polar surface area (TPSA) is 94.5 Å². The molecule has 1 aliphatic rings. The maximum absolute atomic E-state index is 11.3. The first-order valence-corrected chi connectivity index (χ1v) is 7.28. The molecule has 2 atom stereocenters. The highest BCUT2D eigenvalue weighted by Crippen LogP contribution is 2.36. The average Bonchev–Trinajstić information content (AvgIpc) is 2.96. The Morgan fingerprint density at radius 3 is 2.86 bits per heavy atom. The summed E-state index contributed by atoms with van der Waals surface area (Å²) in [7, 11) is 1.51. The number of nitro groups is 1. The van der Waals surface area contributed by atoms with Crippen molar-refractivity contribution in [1.29, 1.82) is 0 Å². The van der Waals surface area contributed by atoms with Crippen LogP contribution in [0.15, 0.2) is 12.1 Å². The van der Waals surface area contributed by atoms with Crippen molar-refractivity contribution >= 4 is 11.5 Å². The van der Waals surface area contributed by atoms with E-state index in [1.165, 1.54) is 19.2 Å². The fourth-order valence-electron chi connectivity index (χ4n) is 3.14. The number of hydrogen-bond acceptors (Lipinski definition) is 6. The number of aromatic nitrogens is 1. The molecule has 0 spiro atoms. The molecular weight excluding hydrogens is 272 g/mol. The Hall–Kier alpha value is -1.89. The maximum Gasteiger partial charge on any atom is 0.311 e. The van der Waals surface area contributed by atoms with E-state index in [2.05, 4.69) is 4.98 Å². The molecule has 1 fully saturated rings. The van der Waals surface area contributed by atoms with Gasteiger partial charge in [0.25, 0.3) is 0 Å². The molecular formula is C14H22N4O3. The minimum Gasteiger partial charge on any atom is -0.481 e. The van der Waals surface area contributed by atoms with Crippen molar-refractivity contribution in [2.45, 2.75) is 32.2 Å². The number of nitrogens with two attached hydrogens (primary N) is 1. The largest absolute Gasteiger partial charge is 0.481 e. The summed E-state index contributed by atoms with van der Waals surface area (Å²) in [5, 5.41) is 11.3. The number of ether oxygens (including phenoxy) is 1. The second-order valence-corrected chi connectivity index (χ2v) is 5.23. The molecule has 0 bridgehead atoms. The van der Waals surface area contributed by atoms with Gasteiger partial charge in [0.1, 0.15) is 0 Å². The molecule has 1 heterocycles. The minimum absolute atomic E-state index is 0.0142. The van der Waals surface area contributed by atoms with Gasteiger partial charge in [-0.25, -0.2) is 0 Å². The first-order valence-electron chi connectivity index (χ1n) is 7.28. The summed E-state index contributed by atoms with van der Waals surface area (Å²) in [6.45, 7) is 3.23. The van der Waals surface area contributed by atoms with Crippen LogP contribution in [0.2, 0.25) is 0 Å². The lowest BCUT2D eigenvalue weighted by atomic mass is 10.0. The van der Waals surface area contributed by atoms with Crippen molar-refractivity contribution in [3.63, 3.8) is 0 Å². The van der Waals surface area contributed by atoms with Crippen LogP contribution in [-0.4, -0.2) is 36.1 Å². The Morgan fingerprint density at radius 2 is 2.29 bits per heavy atom. The molecule has 1 aliphatic carbocycles. The molecule has 0 radical (unpaired) electrons. The molecule has 7 heteroatoms. The molecule has 7 nitrogen and oxygen atoms in total. The Morgan fingerprint density at radius 1 is 1.52 bits per heavy atom. The lowest BCUT2D eigenvalue weighted by Crippen LogP contribution is -2.41. The molecule has 116 valence electrons. The van der Waals surface area contributed by atoms with Crippen LogP contribution in [0.1, 0.15) is 26.2 Å².